The molecule has 1 aromatic rings. The molecule has 2 rings (SSSR count). The first-order chi connectivity index (χ1) is 16.6. The van der Waals surface area contributed by atoms with Crippen LogP contribution in [0.25, 0.3) is 0 Å². The zero-order chi connectivity index (χ0) is 26.2. The average molecular weight is 494 g/mol. The summed E-state index contributed by atoms with van der Waals surface area (Å²) in [6.45, 7) is 1.54. The number of carbonyl (C=O) groups is 3. The molecule has 10 heteroatoms. The Labute approximate surface area is 204 Å². The minimum atomic E-state index is -0.782. The lowest BCUT2D eigenvalue weighted by atomic mass is 9.78. The van der Waals surface area contributed by atoms with Gasteiger partial charge in [0.1, 0.15) is 17.3 Å². The van der Waals surface area contributed by atoms with Gasteiger partial charge in [-0.15, -0.1) is 0 Å². The fourth-order valence-corrected chi connectivity index (χ4v) is 4.24. The fraction of sp³-hybridized carbons (Fsp3) is 0.480. The number of rotatable bonds is 11. The molecule has 0 aliphatic heterocycles. The lowest BCUT2D eigenvalue weighted by molar-refractivity contribution is -0.117. The maximum Gasteiger partial charge on any atom is 0.248 e. The van der Waals surface area contributed by atoms with Crippen molar-refractivity contribution in [3.05, 3.63) is 58.6 Å². The first-order valence-electron chi connectivity index (χ1n) is 11.3. The molecule has 0 bridgehead atoms. The number of benzene rings is 1. The van der Waals surface area contributed by atoms with Gasteiger partial charge in [-0.05, 0) is 52.8 Å². The van der Waals surface area contributed by atoms with Crippen LogP contribution >= 0.6 is 0 Å². The number of hydrogen-bond acceptors (Lipinski definition) is 7. The number of ether oxygens (including phenoxy) is 1. The van der Waals surface area contributed by atoms with Gasteiger partial charge in [-0.1, -0.05) is 6.07 Å². The number of hydrogen-bond donors (Lipinski definition) is 2. The number of nitrogens with one attached hydrogen (secondary N) is 1. The van der Waals surface area contributed by atoms with Crippen molar-refractivity contribution in [1.82, 2.24) is 15.1 Å². The summed E-state index contributed by atoms with van der Waals surface area (Å²) in [5.41, 5.74) is -0.424. The Balaban J connectivity index is 2.31. The highest BCUT2D eigenvalue weighted by atomic mass is 19.1. The van der Waals surface area contributed by atoms with E-state index in [0.717, 1.165) is 37.8 Å². The number of methoxy groups -OCH3 is 1. The van der Waals surface area contributed by atoms with Crippen LogP contribution < -0.4 is 5.32 Å². The first kappa shape index (κ1) is 28.1. The van der Waals surface area contributed by atoms with Gasteiger partial charge in [0.2, 0.25) is 5.91 Å². The Bertz CT molecular complexity index is 985. The molecule has 0 spiro atoms. The van der Waals surface area contributed by atoms with E-state index < -0.39 is 28.8 Å². The number of nitrogens with zero attached hydrogens (tertiary/aromatic N) is 2. The van der Waals surface area contributed by atoms with Crippen LogP contribution in [-0.2, 0) is 25.7 Å². The second-order valence-corrected chi connectivity index (χ2v) is 8.92. The molecule has 2 N–H and O–H groups in total. The highest BCUT2D eigenvalue weighted by Gasteiger charge is 2.39. The van der Waals surface area contributed by atoms with Crippen molar-refractivity contribution in [3.63, 3.8) is 0 Å². The quantitative estimate of drug-likeness (QED) is 0.278. The van der Waals surface area contributed by atoms with Gasteiger partial charge in [0.25, 0.3) is 0 Å². The Hall–Kier alpha value is -3.11. The molecule has 1 aliphatic carbocycles. The topological polar surface area (TPSA) is 99.2 Å². The second-order valence-electron chi connectivity index (χ2n) is 8.92. The van der Waals surface area contributed by atoms with E-state index in [4.69, 9.17) is 4.74 Å². The standard InChI is InChI=1S/C25H33F2N3O5/c1-17(24(34)28-12-18-5-6-19(26)11-21(18)27)13-30(22(14-31)23(33)15-32)16-25(29(2)3)9-7-20(35-4)8-10-25/h5-6,11,13-15,20,33H,7-10,12,16H2,1-4H3,(H,28,34)/b17-13+,23-22+. The van der Waals surface area contributed by atoms with Crippen molar-refractivity contribution in [2.45, 2.75) is 50.8 Å². The molecule has 1 fully saturated rings. The summed E-state index contributed by atoms with van der Waals surface area (Å²) in [5.74, 6) is -2.81. The first-order valence-corrected chi connectivity index (χ1v) is 11.3. The van der Waals surface area contributed by atoms with Gasteiger partial charge >= 0.3 is 0 Å². The summed E-state index contributed by atoms with van der Waals surface area (Å²) < 4.78 is 32.5. The number of likely N-dealkylation sites (N-methyl/N-ethyl adjacent to an activating group) is 1. The van der Waals surface area contributed by atoms with Gasteiger partial charge in [-0.3, -0.25) is 14.4 Å². The largest absolute Gasteiger partial charge is 0.503 e. The van der Waals surface area contributed by atoms with Crippen molar-refractivity contribution in [2.24, 2.45) is 0 Å². The van der Waals surface area contributed by atoms with E-state index in [1.807, 2.05) is 19.0 Å². The molecule has 1 amide bonds. The summed E-state index contributed by atoms with van der Waals surface area (Å²) in [7, 11) is 5.49. The number of amides is 1. The van der Waals surface area contributed by atoms with Crippen LogP contribution in [-0.4, -0.2) is 72.8 Å². The Kier molecular flexibility index (Phi) is 10.1. The number of halogens is 2. The average Bonchev–Trinajstić information content (AvgIpc) is 2.83. The summed E-state index contributed by atoms with van der Waals surface area (Å²) in [5, 5.41) is 12.6. The van der Waals surface area contributed by atoms with Crippen molar-refractivity contribution in [1.29, 1.82) is 0 Å². The third-order valence-corrected chi connectivity index (χ3v) is 6.57. The van der Waals surface area contributed by atoms with Crippen LogP contribution in [0.1, 0.15) is 38.2 Å². The minimum absolute atomic E-state index is 0.109. The van der Waals surface area contributed by atoms with Crippen molar-refractivity contribution in [2.75, 3.05) is 27.7 Å². The molecule has 0 atom stereocenters. The van der Waals surface area contributed by atoms with E-state index in [0.29, 0.717) is 6.29 Å². The zero-order valence-corrected chi connectivity index (χ0v) is 20.5. The lowest BCUT2D eigenvalue weighted by Crippen LogP contribution is -2.54. The molecule has 0 saturated heterocycles. The Morgan fingerprint density at radius 3 is 2.40 bits per heavy atom. The molecule has 1 aliphatic rings. The highest BCUT2D eigenvalue weighted by molar-refractivity contribution is 5.93. The van der Waals surface area contributed by atoms with Crippen LogP contribution in [0.3, 0.4) is 0 Å². The number of carbonyl (C=O) groups excluding carboxylic acids is 3. The van der Waals surface area contributed by atoms with Crippen LogP contribution in [0.2, 0.25) is 0 Å². The smallest absolute Gasteiger partial charge is 0.248 e. The molecule has 1 saturated carbocycles. The maximum atomic E-state index is 13.9. The zero-order valence-electron chi connectivity index (χ0n) is 20.5. The van der Waals surface area contributed by atoms with Crippen molar-refractivity contribution in [3.8, 4) is 0 Å². The number of aldehydes is 2. The molecule has 35 heavy (non-hydrogen) atoms. The number of allylic oxidation sites excluding steroid dienone is 2. The van der Waals surface area contributed by atoms with Crippen molar-refractivity contribution >= 4 is 18.5 Å². The fourth-order valence-electron chi connectivity index (χ4n) is 4.24. The Morgan fingerprint density at radius 1 is 1.23 bits per heavy atom. The van der Waals surface area contributed by atoms with Gasteiger partial charge in [0.15, 0.2) is 18.3 Å². The number of aliphatic hydroxyl groups is 1. The summed E-state index contributed by atoms with van der Waals surface area (Å²) in [6.07, 6.45) is 5.07. The molecule has 192 valence electrons. The van der Waals surface area contributed by atoms with Gasteiger partial charge < -0.3 is 25.0 Å². The predicted octanol–water partition coefficient (Wildman–Crippen LogP) is 2.84. The van der Waals surface area contributed by atoms with Crippen LogP contribution in [0.5, 0.6) is 0 Å². The Morgan fingerprint density at radius 2 is 1.89 bits per heavy atom. The summed E-state index contributed by atoms with van der Waals surface area (Å²) in [6, 6.07) is 3.06. The number of aliphatic hydroxyl groups excluding tert-OH is 1. The van der Waals surface area contributed by atoms with Gasteiger partial charge in [-0.2, -0.15) is 0 Å². The third kappa shape index (κ3) is 7.19. The normalized spacial score (nSPS) is 21.3. The van der Waals surface area contributed by atoms with Gasteiger partial charge in [-0.25, -0.2) is 8.78 Å². The van der Waals surface area contributed by atoms with E-state index in [1.54, 1.807) is 7.11 Å². The maximum absolute atomic E-state index is 13.9. The minimum Gasteiger partial charge on any atom is -0.503 e. The van der Waals surface area contributed by atoms with Crippen LogP contribution in [0.15, 0.2) is 41.4 Å². The third-order valence-electron chi connectivity index (χ3n) is 6.57. The van der Waals surface area contributed by atoms with Crippen molar-refractivity contribution < 1.29 is 33.0 Å². The predicted molar refractivity (Wildman–Crippen MR) is 126 cm³/mol. The van der Waals surface area contributed by atoms with Gasteiger partial charge in [0.05, 0.1) is 6.10 Å². The summed E-state index contributed by atoms with van der Waals surface area (Å²) in [4.78, 5) is 39.2. The molecule has 0 unspecified atom stereocenters. The molecule has 0 radical (unpaired) electrons. The van der Waals surface area contributed by atoms with E-state index in [1.165, 1.54) is 24.1 Å². The van der Waals surface area contributed by atoms with E-state index >= 15 is 0 Å². The molecular weight excluding hydrogens is 460 g/mol. The van der Waals surface area contributed by atoms with E-state index in [-0.39, 0.29) is 42.3 Å². The summed E-state index contributed by atoms with van der Waals surface area (Å²) >= 11 is 0. The molecule has 0 aromatic heterocycles. The molecule has 0 heterocycles. The lowest BCUT2D eigenvalue weighted by Gasteiger charge is -2.47. The van der Waals surface area contributed by atoms with Crippen LogP contribution in [0, 0.1) is 11.6 Å². The monoisotopic (exact) mass is 493 g/mol. The van der Waals surface area contributed by atoms with Gasteiger partial charge in [0, 0.05) is 49.1 Å². The highest BCUT2D eigenvalue weighted by Crippen LogP contribution is 2.35. The molecular formula is C25H33F2N3O5. The van der Waals surface area contributed by atoms with Crippen LogP contribution in [0.4, 0.5) is 8.78 Å². The molecule has 8 nitrogen and oxygen atoms in total. The van der Waals surface area contributed by atoms with E-state index in [2.05, 4.69) is 5.32 Å². The second kappa shape index (κ2) is 12.6. The molecule has 1 aromatic carbocycles. The SMILES string of the molecule is COC1CCC(CN(/C=C(\C)C(=O)NCc2ccc(F)cc2F)/C(C=O)=C(/O)C=O)(N(C)C)CC1. The van der Waals surface area contributed by atoms with E-state index in [9.17, 15) is 28.3 Å².